The molecule has 0 saturated heterocycles. The summed E-state index contributed by atoms with van der Waals surface area (Å²) in [4.78, 5) is 2.96. The van der Waals surface area contributed by atoms with Crippen molar-refractivity contribution in [2.24, 2.45) is 0 Å². The number of hydrogen-bond donors (Lipinski definition) is 0. The van der Waals surface area contributed by atoms with E-state index in [-0.39, 0.29) is 0 Å². The van der Waals surface area contributed by atoms with Crippen molar-refractivity contribution >= 4 is 63.6 Å². The zero-order valence-corrected chi connectivity index (χ0v) is 20.7. The minimum Gasteiger partial charge on any atom is -0.140 e. The molecule has 0 N–H and O–H groups in total. The van der Waals surface area contributed by atoms with E-state index in [4.69, 9.17) is 0 Å². The zero-order chi connectivity index (χ0) is 21.0. The molecule has 0 aliphatic heterocycles. The van der Waals surface area contributed by atoms with Crippen LogP contribution in [-0.2, 0) is 6.42 Å². The van der Waals surface area contributed by atoms with Crippen LogP contribution in [-0.4, -0.2) is 0 Å². The van der Waals surface area contributed by atoms with Gasteiger partial charge in [-0.1, -0.05) is 82.2 Å². The molecule has 0 amide bonds. The van der Waals surface area contributed by atoms with Crippen molar-refractivity contribution < 1.29 is 0 Å². The molecule has 0 spiro atoms. The lowest BCUT2D eigenvalue weighted by Gasteiger charge is -2.01. The Morgan fingerprint density at radius 1 is 0.613 bits per heavy atom. The quantitative estimate of drug-likeness (QED) is 0.181. The Kier molecular flexibility index (Phi) is 6.73. The Bertz CT molecular complexity index is 1280. The second kappa shape index (κ2) is 9.85. The highest BCUT2D eigenvalue weighted by atomic mass is 32.1. The van der Waals surface area contributed by atoms with E-state index in [9.17, 15) is 0 Å². The fraction of sp³-hybridized carbons (Fsp3) is 0.357. The molecule has 5 rings (SSSR count). The molecule has 0 aliphatic rings. The molecule has 0 atom stereocenters. The SMILES string of the molecule is CCCCCCCCCCc1ccc(-c2ccc3c(c2)sc2c4ccccc4sc32)s1. The van der Waals surface area contributed by atoms with Crippen molar-refractivity contribution in [2.45, 2.75) is 64.7 Å². The van der Waals surface area contributed by atoms with Crippen molar-refractivity contribution in [1.82, 2.24) is 0 Å². The van der Waals surface area contributed by atoms with Crippen LogP contribution in [0, 0.1) is 0 Å². The van der Waals surface area contributed by atoms with Crippen LogP contribution in [0.4, 0.5) is 0 Å². The number of aryl methyl sites for hydroxylation is 1. The summed E-state index contributed by atoms with van der Waals surface area (Å²) < 4.78 is 5.73. The zero-order valence-electron chi connectivity index (χ0n) is 18.3. The first-order chi connectivity index (χ1) is 15.3. The maximum atomic E-state index is 2.41. The topological polar surface area (TPSA) is 0 Å². The minimum atomic E-state index is 1.24. The van der Waals surface area contributed by atoms with E-state index in [1.54, 1.807) is 4.88 Å². The van der Waals surface area contributed by atoms with Crippen LogP contribution >= 0.6 is 34.0 Å². The van der Waals surface area contributed by atoms with Gasteiger partial charge in [-0.15, -0.1) is 34.0 Å². The van der Waals surface area contributed by atoms with Gasteiger partial charge in [-0.25, -0.2) is 0 Å². The van der Waals surface area contributed by atoms with Crippen molar-refractivity contribution in [2.75, 3.05) is 0 Å². The summed E-state index contributed by atoms with van der Waals surface area (Å²) >= 11 is 5.88. The molecule has 2 aromatic carbocycles. The van der Waals surface area contributed by atoms with Crippen LogP contribution < -0.4 is 0 Å². The van der Waals surface area contributed by atoms with Gasteiger partial charge in [0.05, 0.1) is 9.40 Å². The third kappa shape index (κ3) is 4.60. The number of thiophene rings is 3. The smallest absolute Gasteiger partial charge is 0.0542 e. The molecule has 0 radical (unpaired) electrons. The maximum Gasteiger partial charge on any atom is 0.0542 e. The summed E-state index contributed by atoms with van der Waals surface area (Å²) in [5.74, 6) is 0. The number of unbranched alkanes of at least 4 members (excludes halogenated alkanes) is 7. The number of hydrogen-bond acceptors (Lipinski definition) is 3. The molecular formula is C28H30S3. The van der Waals surface area contributed by atoms with E-state index in [0.29, 0.717) is 0 Å². The molecule has 0 nitrogen and oxygen atoms in total. The number of benzene rings is 2. The average Bonchev–Trinajstić information content (AvgIpc) is 3.49. The third-order valence-corrected chi connectivity index (χ3v) is 9.92. The molecule has 160 valence electrons. The van der Waals surface area contributed by atoms with Crippen LogP contribution in [0.25, 0.3) is 40.0 Å². The summed E-state index contributed by atoms with van der Waals surface area (Å²) in [6.45, 7) is 2.29. The van der Waals surface area contributed by atoms with Gasteiger partial charge in [0.1, 0.15) is 0 Å². The van der Waals surface area contributed by atoms with Gasteiger partial charge in [0, 0.05) is 29.9 Å². The Labute approximate surface area is 197 Å². The fourth-order valence-electron chi connectivity index (χ4n) is 4.46. The Morgan fingerprint density at radius 2 is 1.32 bits per heavy atom. The fourth-order valence-corrected chi connectivity index (χ4v) is 8.20. The molecule has 31 heavy (non-hydrogen) atoms. The maximum absolute atomic E-state index is 2.41. The monoisotopic (exact) mass is 462 g/mol. The number of rotatable bonds is 10. The lowest BCUT2D eigenvalue weighted by atomic mass is 10.1. The van der Waals surface area contributed by atoms with Crippen molar-refractivity contribution in [3.05, 3.63) is 59.5 Å². The largest absolute Gasteiger partial charge is 0.140 e. The van der Waals surface area contributed by atoms with Gasteiger partial charge in [0.2, 0.25) is 0 Å². The van der Waals surface area contributed by atoms with E-state index in [1.165, 1.54) is 97.8 Å². The predicted molar refractivity (Wildman–Crippen MR) is 144 cm³/mol. The van der Waals surface area contributed by atoms with E-state index >= 15 is 0 Å². The van der Waals surface area contributed by atoms with Crippen LogP contribution in [0.15, 0.2) is 54.6 Å². The predicted octanol–water partition coefficient (Wildman–Crippen LogP) is 10.7. The standard InChI is InChI=1S/C28H30S3/c1-2-3-4-5-6-7-8-9-12-21-16-18-24(29-21)20-15-17-23-26(19-20)31-27-22-13-10-11-14-25(22)30-28(23)27/h10-11,13-19H,2-9,12H2,1H3. The Balaban J connectivity index is 1.25. The lowest BCUT2D eigenvalue weighted by Crippen LogP contribution is -1.83. The van der Waals surface area contributed by atoms with Crippen LogP contribution in [0.1, 0.15) is 63.2 Å². The van der Waals surface area contributed by atoms with Crippen LogP contribution in [0.5, 0.6) is 0 Å². The molecular weight excluding hydrogens is 433 g/mol. The van der Waals surface area contributed by atoms with E-state index < -0.39 is 0 Å². The second-order valence-electron chi connectivity index (χ2n) is 8.56. The summed E-state index contributed by atoms with van der Waals surface area (Å²) in [5, 5.41) is 2.83. The van der Waals surface area contributed by atoms with Gasteiger partial charge in [-0.2, -0.15) is 0 Å². The summed E-state index contributed by atoms with van der Waals surface area (Å²) in [6, 6.07) is 20.6. The van der Waals surface area contributed by atoms with Gasteiger partial charge in [0.15, 0.2) is 0 Å². The van der Waals surface area contributed by atoms with Gasteiger partial charge < -0.3 is 0 Å². The molecule has 0 saturated carbocycles. The van der Waals surface area contributed by atoms with Crippen molar-refractivity contribution in [3.63, 3.8) is 0 Å². The lowest BCUT2D eigenvalue weighted by molar-refractivity contribution is 0.576. The minimum absolute atomic E-state index is 1.24. The van der Waals surface area contributed by atoms with Gasteiger partial charge >= 0.3 is 0 Å². The average molecular weight is 463 g/mol. The first kappa shape index (κ1) is 21.2. The third-order valence-electron chi connectivity index (χ3n) is 6.21. The molecule has 3 aromatic heterocycles. The summed E-state index contributed by atoms with van der Waals surface area (Å²) in [7, 11) is 0. The van der Waals surface area contributed by atoms with Gasteiger partial charge in [0.25, 0.3) is 0 Å². The van der Waals surface area contributed by atoms with E-state index in [0.717, 1.165) is 0 Å². The molecule has 0 fully saturated rings. The molecule has 0 unspecified atom stereocenters. The van der Waals surface area contributed by atoms with E-state index in [1.807, 2.05) is 34.0 Å². The Hall–Kier alpha value is -1.68. The first-order valence-corrected chi connectivity index (χ1v) is 14.2. The highest BCUT2D eigenvalue weighted by Crippen LogP contribution is 2.45. The molecule has 3 heteroatoms. The molecule has 3 heterocycles. The van der Waals surface area contributed by atoms with Gasteiger partial charge in [-0.3, -0.25) is 0 Å². The van der Waals surface area contributed by atoms with Crippen molar-refractivity contribution in [3.8, 4) is 10.4 Å². The van der Waals surface area contributed by atoms with Crippen molar-refractivity contribution in [1.29, 1.82) is 0 Å². The molecule has 5 aromatic rings. The first-order valence-electron chi connectivity index (χ1n) is 11.8. The summed E-state index contributed by atoms with van der Waals surface area (Å²) in [5.41, 5.74) is 1.37. The number of fused-ring (bicyclic) bond motifs is 5. The Morgan fingerprint density at radius 3 is 2.16 bits per heavy atom. The highest BCUT2D eigenvalue weighted by molar-refractivity contribution is 7.36. The van der Waals surface area contributed by atoms with E-state index in [2.05, 4.69) is 61.5 Å². The van der Waals surface area contributed by atoms with Gasteiger partial charge in [-0.05, 0) is 42.7 Å². The van der Waals surface area contributed by atoms with Crippen LogP contribution in [0.3, 0.4) is 0 Å². The molecule has 0 bridgehead atoms. The second-order valence-corrected chi connectivity index (χ2v) is 11.8. The summed E-state index contributed by atoms with van der Waals surface area (Å²) in [6.07, 6.45) is 12.4. The highest BCUT2D eigenvalue weighted by Gasteiger charge is 2.13. The molecule has 0 aliphatic carbocycles. The van der Waals surface area contributed by atoms with Crippen LogP contribution in [0.2, 0.25) is 0 Å². The normalized spacial score (nSPS) is 11.9.